The van der Waals surface area contributed by atoms with Crippen molar-refractivity contribution in [2.45, 2.75) is 37.5 Å². The van der Waals surface area contributed by atoms with E-state index < -0.39 is 0 Å². The first-order valence-electron chi connectivity index (χ1n) is 4.90. The van der Waals surface area contributed by atoms with E-state index >= 15 is 0 Å². The Balaban J connectivity index is 2.37. The molecular weight excluding hydrogens is 196 g/mol. The number of hydrogen-bond donors (Lipinski definition) is 3. The Morgan fingerprint density at radius 2 is 2.21 bits per heavy atom. The van der Waals surface area contributed by atoms with E-state index in [4.69, 9.17) is 5.84 Å². The van der Waals surface area contributed by atoms with Gasteiger partial charge in [0.15, 0.2) is 0 Å². The number of nitrogens with one attached hydrogen (secondary N) is 2. The number of rotatable bonds is 4. The summed E-state index contributed by atoms with van der Waals surface area (Å²) in [4.78, 5) is 4.41. The zero-order valence-corrected chi connectivity index (χ0v) is 9.95. The highest BCUT2D eigenvalue weighted by atomic mass is 32.2. The lowest BCUT2D eigenvalue weighted by molar-refractivity contribution is 0.711. The Bertz CT molecular complexity index is 211. The average Bonchev–Trinajstić information content (AvgIpc) is 2.96. The summed E-state index contributed by atoms with van der Waals surface area (Å²) in [6, 6.07) is 0.585. The van der Waals surface area contributed by atoms with Gasteiger partial charge in [-0.3, -0.25) is 10.4 Å². The van der Waals surface area contributed by atoms with Crippen LogP contribution >= 0.6 is 11.8 Å². The Morgan fingerprint density at radius 3 is 2.64 bits per heavy atom. The second-order valence-corrected chi connectivity index (χ2v) is 5.71. The normalized spacial score (nSPS) is 18.1. The zero-order chi connectivity index (χ0) is 10.6. The monoisotopic (exact) mass is 216 g/mol. The third-order valence-electron chi connectivity index (χ3n) is 2.23. The SMILES string of the molecule is CSC(C)(C)CN=C(NN)NC1CC1. The van der Waals surface area contributed by atoms with Crippen LogP contribution in [-0.2, 0) is 0 Å². The molecule has 0 amide bonds. The van der Waals surface area contributed by atoms with Crippen molar-refractivity contribution in [3.05, 3.63) is 0 Å². The smallest absolute Gasteiger partial charge is 0.205 e. The van der Waals surface area contributed by atoms with Gasteiger partial charge in [-0.25, -0.2) is 5.84 Å². The molecular formula is C9H20N4S. The highest BCUT2D eigenvalue weighted by Gasteiger charge is 2.22. The Hall–Kier alpha value is -0.420. The molecule has 0 aromatic carbocycles. The average molecular weight is 216 g/mol. The molecule has 0 aliphatic heterocycles. The van der Waals surface area contributed by atoms with Gasteiger partial charge in [0.05, 0.1) is 6.54 Å². The molecule has 14 heavy (non-hydrogen) atoms. The van der Waals surface area contributed by atoms with Crippen LogP contribution < -0.4 is 16.6 Å². The van der Waals surface area contributed by atoms with Gasteiger partial charge in [-0.1, -0.05) is 0 Å². The Morgan fingerprint density at radius 1 is 1.57 bits per heavy atom. The lowest BCUT2D eigenvalue weighted by Gasteiger charge is -2.19. The lowest BCUT2D eigenvalue weighted by Crippen LogP contribution is -2.43. The van der Waals surface area contributed by atoms with Crippen molar-refractivity contribution in [2.75, 3.05) is 12.8 Å². The van der Waals surface area contributed by atoms with E-state index in [1.807, 2.05) is 11.8 Å². The fourth-order valence-corrected chi connectivity index (χ4v) is 1.08. The molecule has 0 atom stereocenters. The third-order valence-corrected chi connectivity index (χ3v) is 3.46. The number of nitrogens with zero attached hydrogens (tertiary/aromatic N) is 1. The van der Waals surface area contributed by atoms with Gasteiger partial charge in [-0.05, 0) is 32.9 Å². The van der Waals surface area contributed by atoms with Crippen LogP contribution in [0.3, 0.4) is 0 Å². The topological polar surface area (TPSA) is 62.4 Å². The van der Waals surface area contributed by atoms with E-state index in [-0.39, 0.29) is 4.75 Å². The zero-order valence-electron chi connectivity index (χ0n) is 9.13. The second kappa shape index (κ2) is 4.89. The standard InChI is InChI=1S/C9H20N4S/c1-9(2,14-3)6-11-8(13-10)12-7-4-5-7/h7H,4-6,10H2,1-3H3,(H2,11,12,13). The van der Waals surface area contributed by atoms with Crippen LogP contribution in [0.5, 0.6) is 0 Å². The molecule has 0 heterocycles. The van der Waals surface area contributed by atoms with Crippen LogP contribution in [-0.4, -0.2) is 29.5 Å². The van der Waals surface area contributed by atoms with Crippen molar-refractivity contribution in [3.63, 3.8) is 0 Å². The highest BCUT2D eigenvalue weighted by molar-refractivity contribution is 7.99. The summed E-state index contributed by atoms with van der Waals surface area (Å²) in [5, 5.41) is 3.24. The summed E-state index contributed by atoms with van der Waals surface area (Å²) in [7, 11) is 0. The number of nitrogens with two attached hydrogens (primary N) is 1. The summed E-state index contributed by atoms with van der Waals surface area (Å²) < 4.78 is 0.174. The lowest BCUT2D eigenvalue weighted by atomic mass is 10.2. The molecule has 0 aromatic rings. The minimum absolute atomic E-state index is 0.174. The van der Waals surface area contributed by atoms with Gasteiger partial charge in [0.2, 0.25) is 5.96 Å². The molecule has 0 spiro atoms. The summed E-state index contributed by atoms with van der Waals surface area (Å²) in [6.45, 7) is 5.12. The maximum absolute atomic E-state index is 5.37. The van der Waals surface area contributed by atoms with Crippen LogP contribution in [0.15, 0.2) is 4.99 Å². The summed E-state index contributed by atoms with van der Waals surface area (Å²) in [5.41, 5.74) is 2.60. The molecule has 1 aliphatic carbocycles. The molecule has 0 aromatic heterocycles. The molecule has 0 saturated heterocycles. The molecule has 5 heteroatoms. The van der Waals surface area contributed by atoms with Gasteiger partial charge in [-0.2, -0.15) is 11.8 Å². The van der Waals surface area contributed by atoms with E-state index in [9.17, 15) is 0 Å². The molecule has 1 fully saturated rings. The number of hydrazine groups is 1. The van der Waals surface area contributed by atoms with Crippen molar-refractivity contribution in [2.24, 2.45) is 10.8 Å². The molecule has 0 bridgehead atoms. The minimum atomic E-state index is 0.174. The maximum Gasteiger partial charge on any atom is 0.205 e. The van der Waals surface area contributed by atoms with E-state index in [0.717, 1.165) is 12.5 Å². The first-order valence-corrected chi connectivity index (χ1v) is 6.12. The molecule has 0 unspecified atom stereocenters. The predicted octanol–water partition coefficient (Wildman–Crippen LogP) is 0.699. The fraction of sp³-hybridized carbons (Fsp3) is 0.889. The first kappa shape index (κ1) is 11.7. The largest absolute Gasteiger partial charge is 0.353 e. The molecule has 1 aliphatic rings. The molecule has 1 saturated carbocycles. The molecule has 82 valence electrons. The maximum atomic E-state index is 5.37. The van der Waals surface area contributed by atoms with Gasteiger partial charge in [-0.15, -0.1) is 0 Å². The van der Waals surface area contributed by atoms with E-state index in [1.54, 1.807) is 0 Å². The van der Waals surface area contributed by atoms with Crippen LogP contribution in [0, 0.1) is 0 Å². The van der Waals surface area contributed by atoms with Crippen LogP contribution in [0.1, 0.15) is 26.7 Å². The quantitative estimate of drug-likeness (QED) is 0.280. The number of aliphatic imine (C=N–C) groups is 1. The summed E-state index contributed by atoms with van der Waals surface area (Å²) >= 11 is 1.81. The Labute approximate surface area is 90.1 Å². The fourth-order valence-electron chi connectivity index (χ4n) is 0.888. The first-order chi connectivity index (χ1) is 6.57. The third kappa shape index (κ3) is 4.19. The second-order valence-electron chi connectivity index (χ2n) is 4.19. The highest BCUT2D eigenvalue weighted by Crippen LogP contribution is 2.21. The number of hydrogen-bond acceptors (Lipinski definition) is 3. The van der Waals surface area contributed by atoms with E-state index in [1.165, 1.54) is 12.8 Å². The van der Waals surface area contributed by atoms with Gasteiger partial charge in [0.25, 0.3) is 0 Å². The van der Waals surface area contributed by atoms with Crippen LogP contribution in [0.25, 0.3) is 0 Å². The van der Waals surface area contributed by atoms with Crippen LogP contribution in [0.2, 0.25) is 0 Å². The summed E-state index contributed by atoms with van der Waals surface area (Å²) in [5.74, 6) is 6.09. The Kier molecular flexibility index (Phi) is 4.07. The van der Waals surface area contributed by atoms with Gasteiger partial charge < -0.3 is 5.32 Å². The van der Waals surface area contributed by atoms with E-state index in [2.05, 4.69) is 35.8 Å². The summed E-state index contributed by atoms with van der Waals surface area (Å²) in [6.07, 6.45) is 4.55. The van der Waals surface area contributed by atoms with Crippen molar-refractivity contribution in [1.29, 1.82) is 0 Å². The predicted molar refractivity (Wildman–Crippen MR) is 63.4 cm³/mol. The van der Waals surface area contributed by atoms with Gasteiger partial charge >= 0.3 is 0 Å². The van der Waals surface area contributed by atoms with Gasteiger partial charge in [0, 0.05) is 10.8 Å². The van der Waals surface area contributed by atoms with Crippen molar-refractivity contribution >= 4 is 17.7 Å². The minimum Gasteiger partial charge on any atom is -0.353 e. The molecule has 4 nitrogen and oxygen atoms in total. The number of thioether (sulfide) groups is 1. The number of guanidine groups is 1. The van der Waals surface area contributed by atoms with Gasteiger partial charge in [0.1, 0.15) is 0 Å². The van der Waals surface area contributed by atoms with Crippen molar-refractivity contribution in [1.82, 2.24) is 10.7 Å². The van der Waals surface area contributed by atoms with E-state index in [0.29, 0.717) is 6.04 Å². The van der Waals surface area contributed by atoms with Crippen molar-refractivity contribution in [3.8, 4) is 0 Å². The van der Waals surface area contributed by atoms with Crippen molar-refractivity contribution < 1.29 is 0 Å². The molecule has 1 rings (SSSR count). The van der Waals surface area contributed by atoms with Crippen LogP contribution in [0.4, 0.5) is 0 Å². The molecule has 0 radical (unpaired) electrons. The molecule has 4 N–H and O–H groups in total.